The maximum absolute atomic E-state index is 12.0. The molecule has 0 aromatic heterocycles. The van der Waals surface area contributed by atoms with Crippen LogP contribution in [0.4, 0.5) is 0 Å². The summed E-state index contributed by atoms with van der Waals surface area (Å²) in [7, 11) is 0. The number of carboxylic acid groups (broad SMARTS) is 1. The molecule has 6 nitrogen and oxygen atoms in total. The maximum Gasteiger partial charge on any atom is 0.306 e. The minimum Gasteiger partial charge on any atom is -0.481 e. The van der Waals surface area contributed by atoms with E-state index in [1.54, 1.807) is 0 Å². The van der Waals surface area contributed by atoms with E-state index in [4.69, 9.17) is 15.6 Å². The van der Waals surface area contributed by atoms with E-state index in [9.17, 15) is 9.59 Å². The zero-order chi connectivity index (χ0) is 13.1. The van der Waals surface area contributed by atoms with Gasteiger partial charge in [-0.25, -0.2) is 0 Å². The zero-order valence-corrected chi connectivity index (χ0v) is 10.3. The molecule has 4 N–H and O–H groups in total. The normalized spacial score (nSPS) is 36.3. The highest BCUT2D eigenvalue weighted by Crippen LogP contribution is 2.25. The third-order valence-electron chi connectivity index (χ3n) is 3.83. The summed E-state index contributed by atoms with van der Waals surface area (Å²) in [5.74, 6) is -1.50. The number of amides is 1. The van der Waals surface area contributed by atoms with Gasteiger partial charge in [-0.3, -0.25) is 9.59 Å². The average Bonchev–Trinajstić information content (AvgIpc) is 2.76. The second-order valence-electron chi connectivity index (χ2n) is 5.22. The van der Waals surface area contributed by atoms with Crippen molar-refractivity contribution in [2.75, 3.05) is 13.2 Å². The number of hydrogen-bond donors (Lipinski definition) is 3. The molecule has 1 heterocycles. The van der Waals surface area contributed by atoms with Gasteiger partial charge in [0.05, 0.1) is 25.0 Å². The minimum atomic E-state index is -0.769. The molecule has 0 bridgehead atoms. The van der Waals surface area contributed by atoms with Crippen LogP contribution >= 0.6 is 0 Å². The minimum absolute atomic E-state index is 0.0415. The lowest BCUT2D eigenvalue weighted by Gasteiger charge is -2.28. The van der Waals surface area contributed by atoms with Gasteiger partial charge in [0.25, 0.3) is 0 Å². The van der Waals surface area contributed by atoms with Gasteiger partial charge in [0, 0.05) is 12.1 Å². The number of carbonyl (C=O) groups is 2. The van der Waals surface area contributed by atoms with Gasteiger partial charge in [0.2, 0.25) is 5.91 Å². The number of carbonyl (C=O) groups excluding carboxylic acids is 1. The number of hydrogen-bond acceptors (Lipinski definition) is 4. The SMILES string of the molecule is NC1COCC1C(=O)NC1CCCC(C(=O)O)C1. The van der Waals surface area contributed by atoms with Crippen molar-refractivity contribution in [3.63, 3.8) is 0 Å². The largest absolute Gasteiger partial charge is 0.481 e. The molecule has 0 aromatic carbocycles. The summed E-state index contributed by atoms with van der Waals surface area (Å²) >= 11 is 0. The Hall–Kier alpha value is -1.14. The number of carboxylic acids is 1. The van der Waals surface area contributed by atoms with Crippen LogP contribution in [0.1, 0.15) is 25.7 Å². The van der Waals surface area contributed by atoms with Crippen molar-refractivity contribution in [1.29, 1.82) is 0 Å². The van der Waals surface area contributed by atoms with Gasteiger partial charge in [-0.2, -0.15) is 0 Å². The van der Waals surface area contributed by atoms with Crippen molar-refractivity contribution < 1.29 is 19.4 Å². The first-order valence-corrected chi connectivity index (χ1v) is 6.44. The molecule has 4 atom stereocenters. The van der Waals surface area contributed by atoms with Gasteiger partial charge in [0.1, 0.15) is 0 Å². The van der Waals surface area contributed by atoms with Crippen LogP contribution in [0.3, 0.4) is 0 Å². The molecular formula is C12H20N2O4. The lowest BCUT2D eigenvalue weighted by Crippen LogP contribution is -2.46. The lowest BCUT2D eigenvalue weighted by atomic mass is 9.85. The summed E-state index contributed by atoms with van der Waals surface area (Å²) in [6.07, 6.45) is 2.91. The van der Waals surface area contributed by atoms with Gasteiger partial charge in [-0.05, 0) is 19.3 Å². The number of ether oxygens (including phenoxy) is 1. The molecule has 1 amide bonds. The van der Waals surface area contributed by atoms with Crippen LogP contribution < -0.4 is 11.1 Å². The monoisotopic (exact) mass is 256 g/mol. The Labute approximate surface area is 106 Å². The van der Waals surface area contributed by atoms with Crippen molar-refractivity contribution in [3.05, 3.63) is 0 Å². The van der Waals surface area contributed by atoms with Crippen molar-refractivity contribution in [2.24, 2.45) is 17.6 Å². The summed E-state index contributed by atoms with van der Waals surface area (Å²) < 4.78 is 5.16. The molecule has 18 heavy (non-hydrogen) atoms. The van der Waals surface area contributed by atoms with E-state index in [2.05, 4.69) is 5.32 Å². The first kappa shape index (κ1) is 13.3. The third kappa shape index (κ3) is 3.00. The fraction of sp³-hybridized carbons (Fsp3) is 0.833. The molecule has 1 saturated heterocycles. The standard InChI is InChI=1S/C12H20N2O4/c13-10-6-18-5-9(10)11(15)14-8-3-1-2-7(4-8)12(16)17/h7-10H,1-6,13H2,(H,14,15)(H,16,17). The van der Waals surface area contributed by atoms with Gasteiger partial charge < -0.3 is 20.9 Å². The molecule has 0 spiro atoms. The molecule has 2 aliphatic rings. The van der Waals surface area contributed by atoms with E-state index in [0.717, 1.165) is 12.8 Å². The Bertz CT molecular complexity index is 334. The third-order valence-corrected chi connectivity index (χ3v) is 3.83. The second kappa shape index (κ2) is 5.67. The molecule has 1 saturated carbocycles. The number of nitrogens with two attached hydrogens (primary N) is 1. The Kier molecular flexibility index (Phi) is 4.19. The predicted molar refractivity (Wildman–Crippen MR) is 63.8 cm³/mol. The van der Waals surface area contributed by atoms with Gasteiger partial charge in [-0.1, -0.05) is 6.42 Å². The molecule has 6 heteroatoms. The number of aliphatic carboxylic acids is 1. The fourth-order valence-corrected chi connectivity index (χ4v) is 2.69. The highest BCUT2D eigenvalue weighted by atomic mass is 16.5. The summed E-state index contributed by atoms with van der Waals surface area (Å²) in [6.45, 7) is 0.780. The summed E-state index contributed by atoms with van der Waals surface area (Å²) in [5, 5.41) is 11.9. The van der Waals surface area contributed by atoms with Crippen molar-refractivity contribution >= 4 is 11.9 Å². The lowest BCUT2D eigenvalue weighted by molar-refractivity contribution is -0.143. The molecule has 102 valence electrons. The summed E-state index contributed by atoms with van der Waals surface area (Å²) in [6, 6.07) is -0.288. The maximum atomic E-state index is 12.0. The number of rotatable bonds is 3. The van der Waals surface area contributed by atoms with Gasteiger partial charge in [-0.15, -0.1) is 0 Å². The van der Waals surface area contributed by atoms with Crippen LogP contribution in [0.15, 0.2) is 0 Å². The Morgan fingerprint density at radius 1 is 1.28 bits per heavy atom. The molecule has 1 aliphatic heterocycles. The topological polar surface area (TPSA) is 102 Å². The van der Waals surface area contributed by atoms with Crippen LogP contribution in [-0.2, 0) is 14.3 Å². The van der Waals surface area contributed by atoms with E-state index in [-0.39, 0.29) is 29.8 Å². The van der Waals surface area contributed by atoms with E-state index in [1.807, 2.05) is 0 Å². The Balaban J connectivity index is 1.85. The number of nitrogens with one attached hydrogen (secondary N) is 1. The molecule has 1 aliphatic carbocycles. The van der Waals surface area contributed by atoms with Crippen molar-refractivity contribution in [1.82, 2.24) is 5.32 Å². The highest BCUT2D eigenvalue weighted by Gasteiger charge is 2.34. The van der Waals surface area contributed by atoms with Gasteiger partial charge >= 0.3 is 5.97 Å². The predicted octanol–water partition coefficient (Wildman–Crippen LogP) is -0.280. The second-order valence-corrected chi connectivity index (χ2v) is 5.22. The fourth-order valence-electron chi connectivity index (χ4n) is 2.69. The Morgan fingerprint density at radius 3 is 2.67 bits per heavy atom. The highest BCUT2D eigenvalue weighted by molar-refractivity contribution is 5.80. The Morgan fingerprint density at radius 2 is 2.06 bits per heavy atom. The molecule has 2 rings (SSSR count). The first-order chi connectivity index (χ1) is 8.58. The quantitative estimate of drug-likeness (QED) is 0.644. The molecule has 0 aromatic rings. The van der Waals surface area contributed by atoms with Crippen LogP contribution in [0.25, 0.3) is 0 Å². The zero-order valence-electron chi connectivity index (χ0n) is 10.3. The van der Waals surface area contributed by atoms with Crippen LogP contribution in [0.5, 0.6) is 0 Å². The summed E-state index contributed by atoms with van der Waals surface area (Å²) in [5.41, 5.74) is 5.78. The van der Waals surface area contributed by atoms with Crippen molar-refractivity contribution in [2.45, 2.75) is 37.8 Å². The molecular weight excluding hydrogens is 236 g/mol. The first-order valence-electron chi connectivity index (χ1n) is 6.44. The summed E-state index contributed by atoms with van der Waals surface area (Å²) in [4.78, 5) is 22.9. The molecule has 4 unspecified atom stereocenters. The van der Waals surface area contributed by atoms with E-state index in [0.29, 0.717) is 26.1 Å². The smallest absolute Gasteiger partial charge is 0.306 e. The van der Waals surface area contributed by atoms with E-state index in [1.165, 1.54) is 0 Å². The van der Waals surface area contributed by atoms with Crippen LogP contribution in [0.2, 0.25) is 0 Å². The van der Waals surface area contributed by atoms with E-state index >= 15 is 0 Å². The molecule has 2 fully saturated rings. The van der Waals surface area contributed by atoms with Crippen molar-refractivity contribution in [3.8, 4) is 0 Å². The molecule has 0 radical (unpaired) electrons. The van der Waals surface area contributed by atoms with Crippen LogP contribution in [-0.4, -0.2) is 42.3 Å². The van der Waals surface area contributed by atoms with Crippen LogP contribution in [0, 0.1) is 11.8 Å². The van der Waals surface area contributed by atoms with E-state index < -0.39 is 5.97 Å². The van der Waals surface area contributed by atoms with Gasteiger partial charge in [0.15, 0.2) is 0 Å². The average molecular weight is 256 g/mol.